The number of hydrogen-bond donors (Lipinski definition) is 1. The van der Waals surface area contributed by atoms with Crippen LogP contribution in [0.25, 0.3) is 0 Å². The minimum atomic E-state index is -3.71. The maximum atomic E-state index is 12.4. The lowest BCUT2D eigenvalue weighted by Crippen LogP contribution is -2.22. The molecule has 0 radical (unpaired) electrons. The summed E-state index contributed by atoms with van der Waals surface area (Å²) in [6.07, 6.45) is 0. The molecule has 1 amide bonds. The number of carbonyl (C=O) groups is 1. The highest BCUT2D eigenvalue weighted by molar-refractivity contribution is 7.92. The van der Waals surface area contributed by atoms with E-state index in [0.717, 1.165) is 0 Å². The van der Waals surface area contributed by atoms with Crippen molar-refractivity contribution in [1.82, 2.24) is 0 Å². The number of rotatable bonds is 5. The zero-order chi connectivity index (χ0) is 17.0. The number of amides is 1. The van der Waals surface area contributed by atoms with E-state index >= 15 is 0 Å². The average Bonchev–Trinajstić information content (AvgIpc) is 2.54. The van der Waals surface area contributed by atoms with Gasteiger partial charge in [-0.1, -0.05) is 6.07 Å². The second-order valence-corrected chi connectivity index (χ2v) is 6.59. The Morgan fingerprint density at radius 3 is 2.35 bits per heavy atom. The van der Waals surface area contributed by atoms with Gasteiger partial charge in [0.2, 0.25) is 5.91 Å². The van der Waals surface area contributed by atoms with Gasteiger partial charge in [0.15, 0.2) is 0 Å². The van der Waals surface area contributed by atoms with Crippen LogP contribution in [-0.4, -0.2) is 28.5 Å². The first-order valence-corrected chi connectivity index (χ1v) is 8.33. The van der Waals surface area contributed by atoms with Crippen LogP contribution in [0.5, 0.6) is 5.75 Å². The second kappa shape index (κ2) is 6.70. The Hall–Kier alpha value is -2.54. The van der Waals surface area contributed by atoms with Crippen molar-refractivity contribution in [3.8, 4) is 5.75 Å². The monoisotopic (exact) mass is 334 g/mol. The molecule has 0 aliphatic rings. The molecule has 0 aromatic heterocycles. The minimum Gasteiger partial charge on any atom is -0.497 e. The first-order valence-electron chi connectivity index (χ1n) is 6.85. The summed E-state index contributed by atoms with van der Waals surface area (Å²) in [6, 6.07) is 12.7. The fourth-order valence-electron chi connectivity index (χ4n) is 1.93. The number of hydrogen-bond acceptors (Lipinski definition) is 4. The first-order chi connectivity index (χ1) is 10.8. The Bertz CT molecular complexity index is 801. The molecule has 0 saturated carbocycles. The van der Waals surface area contributed by atoms with Gasteiger partial charge in [-0.25, -0.2) is 8.42 Å². The second-order valence-electron chi connectivity index (χ2n) is 4.91. The smallest absolute Gasteiger partial charge is 0.261 e. The quantitative estimate of drug-likeness (QED) is 0.911. The molecule has 0 saturated heterocycles. The van der Waals surface area contributed by atoms with Gasteiger partial charge < -0.3 is 9.64 Å². The van der Waals surface area contributed by atoms with Gasteiger partial charge >= 0.3 is 0 Å². The lowest BCUT2D eigenvalue weighted by Gasteiger charge is -2.15. The van der Waals surface area contributed by atoms with Crippen molar-refractivity contribution < 1.29 is 17.9 Å². The molecule has 23 heavy (non-hydrogen) atoms. The largest absolute Gasteiger partial charge is 0.497 e. The molecule has 0 aliphatic carbocycles. The summed E-state index contributed by atoms with van der Waals surface area (Å²) < 4.78 is 32.3. The number of benzene rings is 2. The molecular formula is C16H18N2O4S. The van der Waals surface area contributed by atoms with Crippen LogP contribution in [0, 0.1) is 0 Å². The predicted molar refractivity (Wildman–Crippen MR) is 89.3 cm³/mol. The number of anilines is 2. The first kappa shape index (κ1) is 16.8. The third-order valence-electron chi connectivity index (χ3n) is 3.33. The molecule has 2 aromatic carbocycles. The summed E-state index contributed by atoms with van der Waals surface area (Å²) in [5.41, 5.74) is 1.03. The Morgan fingerprint density at radius 1 is 1.13 bits per heavy atom. The SMILES string of the molecule is COc1cccc(NS(=O)(=O)c2ccc(N(C)C(C)=O)cc2)c1. The summed E-state index contributed by atoms with van der Waals surface area (Å²) in [7, 11) is -0.573. The molecule has 1 N–H and O–H groups in total. The summed E-state index contributed by atoms with van der Waals surface area (Å²) >= 11 is 0. The van der Waals surface area contributed by atoms with E-state index in [-0.39, 0.29) is 10.8 Å². The maximum Gasteiger partial charge on any atom is 0.261 e. The Morgan fingerprint density at radius 2 is 1.78 bits per heavy atom. The van der Waals surface area contributed by atoms with Crippen LogP contribution in [0.15, 0.2) is 53.4 Å². The van der Waals surface area contributed by atoms with Crippen molar-refractivity contribution in [1.29, 1.82) is 0 Å². The molecule has 0 fully saturated rings. The molecule has 0 bridgehead atoms. The topological polar surface area (TPSA) is 75.7 Å². The van der Waals surface area contributed by atoms with Gasteiger partial charge in [0.1, 0.15) is 5.75 Å². The zero-order valence-corrected chi connectivity index (χ0v) is 13.9. The highest BCUT2D eigenvalue weighted by Gasteiger charge is 2.15. The van der Waals surface area contributed by atoms with Crippen LogP contribution in [0.2, 0.25) is 0 Å². The van der Waals surface area contributed by atoms with Gasteiger partial charge in [-0.05, 0) is 36.4 Å². The molecule has 2 aromatic rings. The number of ether oxygens (including phenoxy) is 1. The summed E-state index contributed by atoms with van der Waals surface area (Å²) in [5, 5.41) is 0. The average molecular weight is 334 g/mol. The Balaban J connectivity index is 2.24. The number of methoxy groups -OCH3 is 1. The summed E-state index contributed by atoms with van der Waals surface area (Å²) in [5.74, 6) is 0.429. The van der Waals surface area contributed by atoms with E-state index in [1.54, 1.807) is 43.4 Å². The van der Waals surface area contributed by atoms with Gasteiger partial charge in [-0.2, -0.15) is 0 Å². The van der Waals surface area contributed by atoms with Gasteiger partial charge in [0.05, 0.1) is 17.7 Å². The van der Waals surface area contributed by atoms with Gasteiger partial charge in [0.25, 0.3) is 10.0 Å². The van der Waals surface area contributed by atoms with Crippen molar-refractivity contribution in [2.45, 2.75) is 11.8 Å². The van der Waals surface area contributed by atoms with Crippen LogP contribution in [0.3, 0.4) is 0 Å². The third-order valence-corrected chi connectivity index (χ3v) is 4.73. The van der Waals surface area contributed by atoms with Crippen molar-refractivity contribution in [2.75, 3.05) is 23.8 Å². The van der Waals surface area contributed by atoms with Gasteiger partial charge in [-0.3, -0.25) is 9.52 Å². The molecular weight excluding hydrogens is 316 g/mol. The Labute approximate surface area is 135 Å². The summed E-state index contributed by atoms with van der Waals surface area (Å²) in [4.78, 5) is 12.9. The summed E-state index contributed by atoms with van der Waals surface area (Å²) in [6.45, 7) is 1.44. The normalized spacial score (nSPS) is 10.9. The molecule has 122 valence electrons. The molecule has 0 atom stereocenters. The lowest BCUT2D eigenvalue weighted by atomic mass is 10.3. The van der Waals surface area contributed by atoms with Crippen molar-refractivity contribution in [3.05, 3.63) is 48.5 Å². The van der Waals surface area contributed by atoms with Gasteiger partial charge in [-0.15, -0.1) is 0 Å². The third kappa shape index (κ3) is 4.01. The molecule has 2 rings (SSSR count). The fourth-order valence-corrected chi connectivity index (χ4v) is 2.98. The van der Waals surface area contributed by atoms with Crippen LogP contribution < -0.4 is 14.4 Å². The lowest BCUT2D eigenvalue weighted by molar-refractivity contribution is -0.116. The highest BCUT2D eigenvalue weighted by Crippen LogP contribution is 2.22. The number of carbonyl (C=O) groups excluding carboxylic acids is 1. The minimum absolute atomic E-state index is 0.112. The van der Waals surface area contributed by atoms with Crippen LogP contribution >= 0.6 is 0 Å². The van der Waals surface area contributed by atoms with E-state index in [4.69, 9.17) is 4.74 Å². The predicted octanol–water partition coefficient (Wildman–Crippen LogP) is 2.48. The number of nitrogens with zero attached hydrogens (tertiary/aromatic N) is 1. The van der Waals surface area contributed by atoms with E-state index in [1.165, 1.54) is 31.1 Å². The van der Waals surface area contributed by atoms with Crippen molar-refractivity contribution >= 4 is 27.3 Å². The van der Waals surface area contributed by atoms with Gasteiger partial charge in [0, 0.05) is 25.7 Å². The zero-order valence-electron chi connectivity index (χ0n) is 13.1. The number of nitrogens with one attached hydrogen (secondary N) is 1. The van der Waals surface area contributed by atoms with Crippen LogP contribution in [0.4, 0.5) is 11.4 Å². The number of sulfonamides is 1. The molecule has 0 unspecified atom stereocenters. The standard InChI is InChI=1S/C16H18N2O4S/c1-12(19)18(2)14-7-9-16(10-8-14)23(20,21)17-13-5-4-6-15(11-13)22-3/h4-11,17H,1-3H3. The molecule has 6 nitrogen and oxygen atoms in total. The van der Waals surface area contributed by atoms with E-state index in [1.807, 2.05) is 0 Å². The molecule has 7 heteroatoms. The molecule has 0 spiro atoms. The molecule has 0 heterocycles. The van der Waals surface area contributed by atoms with Crippen molar-refractivity contribution in [2.24, 2.45) is 0 Å². The molecule has 0 aliphatic heterocycles. The van der Waals surface area contributed by atoms with Crippen LogP contribution in [-0.2, 0) is 14.8 Å². The maximum absolute atomic E-state index is 12.4. The van der Waals surface area contributed by atoms with E-state index in [0.29, 0.717) is 17.1 Å². The Kier molecular flexibility index (Phi) is 4.90. The van der Waals surface area contributed by atoms with E-state index in [9.17, 15) is 13.2 Å². The van der Waals surface area contributed by atoms with Crippen molar-refractivity contribution in [3.63, 3.8) is 0 Å². The highest BCUT2D eigenvalue weighted by atomic mass is 32.2. The van der Waals surface area contributed by atoms with E-state index in [2.05, 4.69) is 4.72 Å². The van der Waals surface area contributed by atoms with Crippen LogP contribution in [0.1, 0.15) is 6.92 Å². The fraction of sp³-hybridized carbons (Fsp3) is 0.188. The van der Waals surface area contributed by atoms with E-state index < -0.39 is 10.0 Å².